The van der Waals surface area contributed by atoms with Crippen LogP contribution in [0, 0.1) is 0 Å². The van der Waals surface area contributed by atoms with Crippen molar-refractivity contribution in [1.29, 1.82) is 0 Å². The minimum atomic E-state index is -0.349. The predicted molar refractivity (Wildman–Crippen MR) is 103 cm³/mol. The number of carbonyl (C=O) groups is 3. The number of nitrogens with zero attached hydrogens (tertiary/aromatic N) is 3. The normalized spacial score (nSPS) is 17.9. The van der Waals surface area contributed by atoms with Crippen molar-refractivity contribution >= 4 is 17.9 Å². The summed E-state index contributed by atoms with van der Waals surface area (Å²) < 4.78 is 5.00. The number of hydrogen-bond acceptors (Lipinski definition) is 5. The van der Waals surface area contributed by atoms with Gasteiger partial charge < -0.3 is 19.9 Å². The zero-order valence-corrected chi connectivity index (χ0v) is 16.4. The molecule has 152 valence electrons. The Bertz CT molecular complexity index is 710. The topological polar surface area (TPSA) is 91.8 Å². The van der Waals surface area contributed by atoms with Crippen LogP contribution in [0.25, 0.3) is 0 Å². The third kappa shape index (κ3) is 4.99. The molecule has 1 aliphatic carbocycles. The molecule has 0 aromatic carbocycles. The van der Waals surface area contributed by atoms with E-state index in [2.05, 4.69) is 10.3 Å². The van der Waals surface area contributed by atoms with Crippen LogP contribution in [0.5, 0.6) is 0 Å². The average Bonchev–Trinajstić information content (AvgIpc) is 2.74. The predicted octanol–water partition coefficient (Wildman–Crippen LogP) is 2.06. The maximum atomic E-state index is 12.8. The Morgan fingerprint density at radius 2 is 1.68 bits per heavy atom. The molecule has 0 unspecified atom stereocenters. The van der Waals surface area contributed by atoms with E-state index in [0.29, 0.717) is 43.9 Å². The zero-order chi connectivity index (χ0) is 19.9. The summed E-state index contributed by atoms with van der Waals surface area (Å²) in [7, 11) is 0. The van der Waals surface area contributed by atoms with Crippen molar-refractivity contribution in [2.75, 3.05) is 32.8 Å². The SMILES string of the molecule is CCOC(=O)N1CCN(C(=O)c2cncc(C(=O)NC3CCCCC3)c2)CC1. The summed E-state index contributed by atoms with van der Waals surface area (Å²) in [5.74, 6) is -0.357. The minimum Gasteiger partial charge on any atom is -0.450 e. The maximum absolute atomic E-state index is 12.8. The van der Waals surface area contributed by atoms with E-state index in [1.165, 1.54) is 18.8 Å². The molecule has 2 aliphatic rings. The Morgan fingerprint density at radius 1 is 1.04 bits per heavy atom. The van der Waals surface area contributed by atoms with E-state index in [-0.39, 0.29) is 23.9 Å². The first-order valence-corrected chi connectivity index (χ1v) is 10.1. The van der Waals surface area contributed by atoms with E-state index in [4.69, 9.17) is 4.74 Å². The van der Waals surface area contributed by atoms with Crippen LogP contribution in [-0.4, -0.2) is 71.5 Å². The van der Waals surface area contributed by atoms with Gasteiger partial charge in [-0.25, -0.2) is 4.79 Å². The zero-order valence-electron chi connectivity index (χ0n) is 16.4. The van der Waals surface area contributed by atoms with E-state index in [9.17, 15) is 14.4 Å². The number of aromatic nitrogens is 1. The smallest absolute Gasteiger partial charge is 0.409 e. The quantitative estimate of drug-likeness (QED) is 0.852. The van der Waals surface area contributed by atoms with Gasteiger partial charge in [-0.05, 0) is 25.8 Å². The fourth-order valence-corrected chi connectivity index (χ4v) is 3.69. The third-order valence-electron chi connectivity index (χ3n) is 5.28. The first-order chi connectivity index (χ1) is 13.6. The molecule has 1 saturated heterocycles. The average molecular weight is 388 g/mol. The minimum absolute atomic E-state index is 0.177. The molecule has 1 N–H and O–H groups in total. The van der Waals surface area contributed by atoms with Crippen LogP contribution in [0.3, 0.4) is 0 Å². The molecule has 0 atom stereocenters. The Labute approximate surface area is 165 Å². The Morgan fingerprint density at radius 3 is 2.36 bits per heavy atom. The molecule has 3 amide bonds. The molecular formula is C20H28N4O4. The van der Waals surface area contributed by atoms with Crippen molar-refractivity contribution in [2.24, 2.45) is 0 Å². The molecule has 8 nitrogen and oxygen atoms in total. The highest BCUT2D eigenvalue weighted by atomic mass is 16.6. The number of amides is 3. The van der Waals surface area contributed by atoms with Crippen LogP contribution in [0.2, 0.25) is 0 Å². The number of ether oxygens (including phenoxy) is 1. The van der Waals surface area contributed by atoms with Gasteiger partial charge in [0.25, 0.3) is 11.8 Å². The highest BCUT2D eigenvalue weighted by Gasteiger charge is 2.26. The number of carbonyl (C=O) groups excluding carboxylic acids is 3. The lowest BCUT2D eigenvalue weighted by Crippen LogP contribution is -2.50. The number of hydrogen-bond donors (Lipinski definition) is 1. The van der Waals surface area contributed by atoms with Gasteiger partial charge in [0, 0.05) is 44.6 Å². The number of nitrogens with one attached hydrogen (secondary N) is 1. The van der Waals surface area contributed by atoms with Gasteiger partial charge in [0.05, 0.1) is 17.7 Å². The molecule has 8 heteroatoms. The fourth-order valence-electron chi connectivity index (χ4n) is 3.69. The van der Waals surface area contributed by atoms with Gasteiger partial charge in [-0.3, -0.25) is 14.6 Å². The number of piperazine rings is 1. The van der Waals surface area contributed by atoms with E-state index in [0.717, 1.165) is 25.7 Å². The fraction of sp³-hybridized carbons (Fsp3) is 0.600. The molecule has 0 spiro atoms. The summed E-state index contributed by atoms with van der Waals surface area (Å²) in [6.07, 6.45) is 8.13. The van der Waals surface area contributed by atoms with Gasteiger partial charge in [0.2, 0.25) is 0 Å². The lowest BCUT2D eigenvalue weighted by atomic mass is 9.95. The molecule has 1 saturated carbocycles. The molecule has 1 aromatic rings. The Kier molecular flexibility index (Phi) is 6.84. The monoisotopic (exact) mass is 388 g/mol. The van der Waals surface area contributed by atoms with Crippen molar-refractivity contribution in [1.82, 2.24) is 20.1 Å². The van der Waals surface area contributed by atoms with Crippen LogP contribution >= 0.6 is 0 Å². The first-order valence-electron chi connectivity index (χ1n) is 10.1. The van der Waals surface area contributed by atoms with Crippen molar-refractivity contribution in [3.8, 4) is 0 Å². The van der Waals surface area contributed by atoms with E-state index in [1.807, 2.05) is 0 Å². The summed E-state index contributed by atoms with van der Waals surface area (Å²) in [5.41, 5.74) is 0.794. The van der Waals surface area contributed by atoms with E-state index >= 15 is 0 Å². The summed E-state index contributed by atoms with van der Waals surface area (Å²) >= 11 is 0. The lowest BCUT2D eigenvalue weighted by Gasteiger charge is -2.34. The first kappa shape index (κ1) is 20.1. The van der Waals surface area contributed by atoms with Crippen LogP contribution < -0.4 is 5.32 Å². The molecule has 0 bridgehead atoms. The molecule has 3 rings (SSSR count). The van der Waals surface area contributed by atoms with Gasteiger partial charge in [-0.15, -0.1) is 0 Å². The van der Waals surface area contributed by atoms with Crippen LogP contribution in [0.4, 0.5) is 4.79 Å². The second-order valence-electron chi connectivity index (χ2n) is 7.25. The van der Waals surface area contributed by atoms with Crippen molar-refractivity contribution in [2.45, 2.75) is 45.1 Å². The molecule has 28 heavy (non-hydrogen) atoms. The molecule has 0 radical (unpaired) electrons. The highest BCUT2D eigenvalue weighted by Crippen LogP contribution is 2.18. The maximum Gasteiger partial charge on any atom is 0.409 e. The second-order valence-corrected chi connectivity index (χ2v) is 7.25. The van der Waals surface area contributed by atoms with Crippen LogP contribution in [-0.2, 0) is 4.74 Å². The van der Waals surface area contributed by atoms with Crippen molar-refractivity contribution in [3.63, 3.8) is 0 Å². The highest BCUT2D eigenvalue weighted by molar-refractivity contribution is 5.99. The van der Waals surface area contributed by atoms with Gasteiger partial charge in [-0.1, -0.05) is 19.3 Å². The van der Waals surface area contributed by atoms with Gasteiger partial charge in [0.15, 0.2) is 0 Å². The molecule has 2 fully saturated rings. The van der Waals surface area contributed by atoms with E-state index < -0.39 is 0 Å². The molecular weight excluding hydrogens is 360 g/mol. The summed E-state index contributed by atoms with van der Waals surface area (Å²) in [5, 5.41) is 3.05. The Hall–Kier alpha value is -2.64. The second kappa shape index (κ2) is 9.52. The molecule has 1 aromatic heterocycles. The van der Waals surface area contributed by atoms with E-state index in [1.54, 1.807) is 22.8 Å². The third-order valence-corrected chi connectivity index (χ3v) is 5.28. The van der Waals surface area contributed by atoms with Crippen LogP contribution in [0.1, 0.15) is 59.7 Å². The summed E-state index contributed by atoms with van der Waals surface area (Å²) in [6.45, 7) is 3.81. The largest absolute Gasteiger partial charge is 0.450 e. The number of pyridine rings is 1. The van der Waals surface area contributed by atoms with Gasteiger partial charge in [0.1, 0.15) is 0 Å². The van der Waals surface area contributed by atoms with Gasteiger partial charge in [-0.2, -0.15) is 0 Å². The summed E-state index contributed by atoms with van der Waals surface area (Å²) in [6, 6.07) is 1.81. The molecule has 2 heterocycles. The lowest BCUT2D eigenvalue weighted by molar-refractivity contribution is 0.0570. The van der Waals surface area contributed by atoms with Crippen LogP contribution in [0.15, 0.2) is 18.5 Å². The van der Waals surface area contributed by atoms with Crippen molar-refractivity contribution < 1.29 is 19.1 Å². The number of rotatable bonds is 4. The Balaban J connectivity index is 1.58. The van der Waals surface area contributed by atoms with Crippen molar-refractivity contribution in [3.05, 3.63) is 29.6 Å². The molecule has 1 aliphatic heterocycles. The van der Waals surface area contributed by atoms with Gasteiger partial charge >= 0.3 is 6.09 Å². The standard InChI is InChI=1S/C20H28N4O4/c1-2-28-20(27)24-10-8-23(9-11-24)19(26)16-12-15(13-21-14-16)18(25)22-17-6-4-3-5-7-17/h12-14,17H,2-11H2,1H3,(H,22,25). The summed E-state index contributed by atoms with van der Waals surface area (Å²) in [4.78, 5) is 44.4.